The van der Waals surface area contributed by atoms with Crippen molar-refractivity contribution in [2.24, 2.45) is 0 Å². The number of amides is 1. The number of nitriles is 1. The van der Waals surface area contributed by atoms with Gasteiger partial charge in [0.05, 0.1) is 22.6 Å². The average molecular weight is 295 g/mol. The van der Waals surface area contributed by atoms with Crippen LogP contribution in [0, 0.1) is 18.3 Å². The van der Waals surface area contributed by atoms with Crippen molar-refractivity contribution in [1.82, 2.24) is 10.0 Å². The Morgan fingerprint density at radius 2 is 2.10 bits per heavy atom. The highest BCUT2D eigenvalue weighted by Crippen LogP contribution is 2.17. The maximum Gasteiger partial charge on any atom is 0.241 e. The van der Waals surface area contributed by atoms with Crippen molar-refractivity contribution in [3.8, 4) is 6.07 Å². The molecule has 7 heteroatoms. The molecule has 6 nitrogen and oxygen atoms in total. The normalized spacial score (nSPS) is 12.5. The minimum absolute atomic E-state index is 0.00713. The quantitative estimate of drug-likeness (QED) is 0.834. The molecule has 1 aromatic carbocycles. The number of carbonyl (C=O) groups excluding carboxylic acids is 1. The van der Waals surface area contributed by atoms with Gasteiger partial charge in [0.2, 0.25) is 15.9 Å². The summed E-state index contributed by atoms with van der Waals surface area (Å²) in [6.45, 7) is 5.27. The van der Waals surface area contributed by atoms with E-state index in [1.165, 1.54) is 13.0 Å². The van der Waals surface area contributed by atoms with Crippen LogP contribution in [0.2, 0.25) is 0 Å². The number of carbonyl (C=O) groups is 1. The molecule has 1 atom stereocenters. The van der Waals surface area contributed by atoms with E-state index in [1.54, 1.807) is 26.0 Å². The van der Waals surface area contributed by atoms with Gasteiger partial charge in [-0.25, -0.2) is 8.42 Å². The Balaban J connectivity index is 3.06. The minimum atomic E-state index is -3.85. The Labute approximate surface area is 118 Å². The molecule has 0 saturated heterocycles. The van der Waals surface area contributed by atoms with Crippen molar-refractivity contribution in [2.45, 2.75) is 31.7 Å². The number of hydrogen-bond donors (Lipinski definition) is 2. The molecule has 0 aliphatic rings. The lowest BCUT2D eigenvalue weighted by Crippen LogP contribution is -2.44. The van der Waals surface area contributed by atoms with Gasteiger partial charge in [-0.1, -0.05) is 6.07 Å². The summed E-state index contributed by atoms with van der Waals surface area (Å²) in [6, 6.07) is 5.40. The summed E-state index contributed by atoms with van der Waals surface area (Å²) in [6.07, 6.45) is 0. The van der Waals surface area contributed by atoms with Crippen LogP contribution in [0.1, 0.15) is 25.0 Å². The van der Waals surface area contributed by atoms with Crippen LogP contribution in [-0.4, -0.2) is 26.9 Å². The molecule has 2 N–H and O–H groups in total. The lowest BCUT2D eigenvalue weighted by atomic mass is 10.2. The second kappa shape index (κ2) is 6.50. The zero-order valence-corrected chi connectivity index (χ0v) is 12.4. The third-order valence-corrected chi connectivity index (χ3v) is 4.37. The van der Waals surface area contributed by atoms with E-state index in [0.29, 0.717) is 12.1 Å². The first kappa shape index (κ1) is 16.1. The number of aryl methyl sites for hydroxylation is 1. The molecule has 0 bridgehead atoms. The summed E-state index contributed by atoms with van der Waals surface area (Å²) >= 11 is 0. The summed E-state index contributed by atoms with van der Waals surface area (Å²) in [7, 11) is -3.85. The highest BCUT2D eigenvalue weighted by atomic mass is 32.2. The summed E-state index contributed by atoms with van der Waals surface area (Å²) < 4.78 is 26.8. The summed E-state index contributed by atoms with van der Waals surface area (Å²) in [5.74, 6) is -0.398. The van der Waals surface area contributed by atoms with Crippen LogP contribution in [0.15, 0.2) is 23.1 Å². The first-order valence-electron chi connectivity index (χ1n) is 6.12. The Hall–Kier alpha value is -1.91. The summed E-state index contributed by atoms with van der Waals surface area (Å²) in [4.78, 5) is 11.6. The molecule has 0 fully saturated rings. The van der Waals surface area contributed by atoms with Gasteiger partial charge < -0.3 is 5.32 Å². The average Bonchev–Trinajstić information content (AvgIpc) is 2.38. The van der Waals surface area contributed by atoms with Gasteiger partial charge >= 0.3 is 0 Å². The highest BCUT2D eigenvalue weighted by Gasteiger charge is 2.23. The maximum absolute atomic E-state index is 12.2. The summed E-state index contributed by atoms with van der Waals surface area (Å²) in [5.41, 5.74) is 0.765. The van der Waals surface area contributed by atoms with Gasteiger partial charge in [0, 0.05) is 6.54 Å². The van der Waals surface area contributed by atoms with E-state index in [1.807, 2.05) is 6.07 Å². The molecule has 0 aliphatic carbocycles. The molecular weight excluding hydrogens is 278 g/mol. The molecule has 0 aliphatic heterocycles. The largest absolute Gasteiger partial charge is 0.355 e. The Kier molecular flexibility index (Phi) is 5.25. The predicted molar refractivity (Wildman–Crippen MR) is 74.4 cm³/mol. The van der Waals surface area contributed by atoms with Gasteiger partial charge in [-0.15, -0.1) is 0 Å². The lowest BCUT2D eigenvalue weighted by molar-refractivity contribution is -0.122. The van der Waals surface area contributed by atoms with Crippen LogP contribution >= 0.6 is 0 Å². The fourth-order valence-corrected chi connectivity index (χ4v) is 3.11. The van der Waals surface area contributed by atoms with Crippen LogP contribution in [0.4, 0.5) is 0 Å². The number of likely N-dealkylation sites (N-methyl/N-ethyl adjacent to an activating group) is 1. The molecule has 0 heterocycles. The standard InChI is InChI=1S/C13H17N3O3S/c1-4-15-13(17)10(3)16-20(18,19)12-7-11(8-14)6-5-9(12)2/h5-7,10,16H,4H2,1-3H3,(H,15,17). The molecule has 1 rings (SSSR count). The van der Waals surface area contributed by atoms with E-state index >= 15 is 0 Å². The molecule has 0 spiro atoms. The topological polar surface area (TPSA) is 99.1 Å². The van der Waals surface area contributed by atoms with E-state index in [2.05, 4.69) is 10.0 Å². The van der Waals surface area contributed by atoms with E-state index in [-0.39, 0.29) is 10.5 Å². The zero-order chi connectivity index (χ0) is 15.3. The number of benzene rings is 1. The van der Waals surface area contributed by atoms with E-state index < -0.39 is 22.0 Å². The molecule has 0 saturated carbocycles. The van der Waals surface area contributed by atoms with Crippen molar-refractivity contribution in [3.63, 3.8) is 0 Å². The van der Waals surface area contributed by atoms with Crippen LogP contribution in [0.25, 0.3) is 0 Å². The van der Waals surface area contributed by atoms with E-state index in [4.69, 9.17) is 5.26 Å². The van der Waals surface area contributed by atoms with Gasteiger partial charge in [-0.2, -0.15) is 9.98 Å². The monoisotopic (exact) mass is 295 g/mol. The summed E-state index contributed by atoms with van der Waals surface area (Å²) in [5, 5.41) is 11.4. The second-order valence-electron chi connectivity index (χ2n) is 4.33. The molecular formula is C13H17N3O3S. The first-order valence-corrected chi connectivity index (χ1v) is 7.61. The SMILES string of the molecule is CCNC(=O)C(C)NS(=O)(=O)c1cc(C#N)ccc1C. The Morgan fingerprint density at radius 1 is 1.45 bits per heavy atom. The second-order valence-corrected chi connectivity index (χ2v) is 6.01. The highest BCUT2D eigenvalue weighted by molar-refractivity contribution is 7.89. The van der Waals surface area contributed by atoms with Gasteiger partial charge in [0.1, 0.15) is 0 Å². The third kappa shape index (κ3) is 3.79. The third-order valence-electron chi connectivity index (χ3n) is 2.68. The Morgan fingerprint density at radius 3 is 2.65 bits per heavy atom. The van der Waals surface area contributed by atoms with Gasteiger partial charge in [0.25, 0.3) is 0 Å². The van der Waals surface area contributed by atoms with Crippen LogP contribution in [-0.2, 0) is 14.8 Å². The van der Waals surface area contributed by atoms with E-state index in [9.17, 15) is 13.2 Å². The molecule has 108 valence electrons. The van der Waals surface area contributed by atoms with Crippen molar-refractivity contribution < 1.29 is 13.2 Å². The molecule has 20 heavy (non-hydrogen) atoms. The van der Waals surface area contributed by atoms with Gasteiger partial charge in [-0.3, -0.25) is 4.79 Å². The lowest BCUT2D eigenvalue weighted by Gasteiger charge is -2.15. The van der Waals surface area contributed by atoms with Gasteiger partial charge in [-0.05, 0) is 38.5 Å². The number of hydrogen-bond acceptors (Lipinski definition) is 4. The fraction of sp³-hybridized carbons (Fsp3) is 0.385. The molecule has 1 amide bonds. The zero-order valence-electron chi connectivity index (χ0n) is 11.6. The smallest absolute Gasteiger partial charge is 0.241 e. The number of nitrogens with zero attached hydrogens (tertiary/aromatic N) is 1. The molecule has 1 aromatic rings. The first-order chi connectivity index (χ1) is 9.31. The van der Waals surface area contributed by atoms with Crippen LogP contribution in [0.5, 0.6) is 0 Å². The van der Waals surface area contributed by atoms with Crippen molar-refractivity contribution in [2.75, 3.05) is 6.54 Å². The Bertz CT molecular complexity index is 647. The minimum Gasteiger partial charge on any atom is -0.355 e. The number of rotatable bonds is 5. The maximum atomic E-state index is 12.2. The van der Waals surface area contributed by atoms with E-state index in [0.717, 1.165) is 0 Å². The van der Waals surface area contributed by atoms with Crippen molar-refractivity contribution >= 4 is 15.9 Å². The molecule has 0 radical (unpaired) electrons. The van der Waals surface area contributed by atoms with Crippen molar-refractivity contribution in [1.29, 1.82) is 5.26 Å². The number of nitrogens with one attached hydrogen (secondary N) is 2. The van der Waals surface area contributed by atoms with Crippen LogP contribution in [0.3, 0.4) is 0 Å². The molecule has 0 aromatic heterocycles. The molecule has 1 unspecified atom stereocenters. The predicted octanol–water partition coefficient (Wildman–Crippen LogP) is 0.670. The van der Waals surface area contributed by atoms with Crippen molar-refractivity contribution in [3.05, 3.63) is 29.3 Å². The van der Waals surface area contributed by atoms with Gasteiger partial charge in [0.15, 0.2) is 0 Å². The van der Waals surface area contributed by atoms with Crippen LogP contribution < -0.4 is 10.0 Å². The fourth-order valence-electron chi connectivity index (χ4n) is 1.64. The number of sulfonamides is 1.